The highest BCUT2D eigenvalue weighted by molar-refractivity contribution is 7.99. The molecule has 104 valence electrons. The van der Waals surface area contributed by atoms with Crippen molar-refractivity contribution < 1.29 is 5.21 Å². The van der Waals surface area contributed by atoms with Gasteiger partial charge in [0, 0.05) is 18.1 Å². The largest absolute Gasteiger partial charge is 0.409 e. The van der Waals surface area contributed by atoms with Crippen molar-refractivity contribution in [2.45, 2.75) is 10.1 Å². The van der Waals surface area contributed by atoms with Gasteiger partial charge < -0.3 is 10.9 Å². The van der Waals surface area contributed by atoms with Gasteiger partial charge in [0.05, 0.1) is 0 Å². The quantitative estimate of drug-likeness (QED) is 0.219. The number of hydrogen-bond donors (Lipinski definition) is 3. The Kier molecular flexibility index (Phi) is 3.84. The summed E-state index contributed by atoms with van der Waals surface area (Å²) >= 11 is 1.14. The summed E-state index contributed by atoms with van der Waals surface area (Å²) in [6, 6.07) is 3.23. The maximum absolute atomic E-state index is 11.2. The lowest BCUT2D eigenvalue weighted by Gasteiger charge is -2.05. The number of H-pyrrole nitrogens is 1. The third kappa shape index (κ3) is 2.85. The van der Waals surface area contributed by atoms with Crippen LogP contribution >= 0.6 is 11.8 Å². The lowest BCUT2D eigenvalue weighted by molar-refractivity contribution is 0.318. The molecule has 0 aliphatic rings. The zero-order valence-corrected chi connectivity index (χ0v) is 11.1. The summed E-state index contributed by atoms with van der Waals surface area (Å²) < 4.78 is 1.34. The van der Waals surface area contributed by atoms with Crippen LogP contribution in [0.5, 0.6) is 0 Å². The van der Waals surface area contributed by atoms with E-state index in [-0.39, 0.29) is 5.84 Å². The number of aromatic amines is 1. The van der Waals surface area contributed by atoms with Gasteiger partial charge >= 0.3 is 11.1 Å². The van der Waals surface area contributed by atoms with E-state index >= 15 is 0 Å². The zero-order chi connectivity index (χ0) is 14.7. The molecule has 0 aromatic carbocycles. The van der Waals surface area contributed by atoms with Crippen LogP contribution in [0.3, 0.4) is 0 Å². The van der Waals surface area contributed by atoms with Gasteiger partial charge in [0.15, 0.2) is 11.0 Å². The Balaban J connectivity index is 2.29. The minimum absolute atomic E-state index is 0.101. The van der Waals surface area contributed by atoms with Crippen molar-refractivity contribution in [2.24, 2.45) is 17.9 Å². The van der Waals surface area contributed by atoms with Gasteiger partial charge in [-0.15, -0.1) is 0 Å². The molecule has 0 radical (unpaired) electrons. The average Bonchev–Trinajstić information content (AvgIpc) is 2.44. The highest BCUT2D eigenvalue weighted by Gasteiger charge is 2.07. The molecule has 2 aromatic rings. The molecule has 0 aliphatic heterocycles. The summed E-state index contributed by atoms with van der Waals surface area (Å²) in [6.07, 6.45) is 1.48. The molecule has 9 nitrogen and oxygen atoms in total. The van der Waals surface area contributed by atoms with Crippen LogP contribution in [0.2, 0.25) is 0 Å². The van der Waals surface area contributed by atoms with Gasteiger partial charge in [-0.3, -0.25) is 24.4 Å². The summed E-state index contributed by atoms with van der Waals surface area (Å²) in [5.74, 6) is -0.101. The number of aryl methyl sites for hydroxylation is 1. The lowest BCUT2D eigenvalue weighted by atomic mass is 10.3. The summed E-state index contributed by atoms with van der Waals surface area (Å²) in [4.78, 5) is 30.6. The van der Waals surface area contributed by atoms with Crippen LogP contribution in [-0.2, 0) is 7.05 Å². The maximum Gasteiger partial charge on any atom is 0.339 e. The molecule has 10 heteroatoms. The third-order valence-corrected chi connectivity index (χ3v) is 3.29. The second-order valence-corrected chi connectivity index (χ2v) is 4.71. The fourth-order valence-electron chi connectivity index (χ4n) is 1.30. The van der Waals surface area contributed by atoms with E-state index in [1.54, 1.807) is 19.2 Å². The minimum Gasteiger partial charge on any atom is -0.409 e. The molecule has 0 unspecified atom stereocenters. The van der Waals surface area contributed by atoms with Gasteiger partial charge in [-0.25, -0.2) is 0 Å². The molecule has 2 rings (SSSR count). The van der Waals surface area contributed by atoms with Crippen molar-refractivity contribution in [3.8, 4) is 0 Å². The van der Waals surface area contributed by atoms with Crippen molar-refractivity contribution in [3.63, 3.8) is 0 Å². The van der Waals surface area contributed by atoms with Crippen LogP contribution in [0, 0.1) is 0 Å². The molecule has 0 saturated heterocycles. The van der Waals surface area contributed by atoms with E-state index < -0.39 is 11.1 Å². The van der Waals surface area contributed by atoms with E-state index in [4.69, 9.17) is 10.9 Å². The zero-order valence-electron chi connectivity index (χ0n) is 10.3. The van der Waals surface area contributed by atoms with Gasteiger partial charge in [-0.2, -0.15) is 4.98 Å². The average molecular weight is 294 g/mol. The highest BCUT2D eigenvalue weighted by Crippen LogP contribution is 2.23. The number of pyridine rings is 1. The van der Waals surface area contributed by atoms with Gasteiger partial charge in [0.1, 0.15) is 5.69 Å². The Labute approximate surface area is 116 Å². The van der Waals surface area contributed by atoms with Gasteiger partial charge in [-0.1, -0.05) is 5.16 Å². The van der Waals surface area contributed by atoms with Crippen molar-refractivity contribution in [2.75, 3.05) is 0 Å². The Morgan fingerprint density at radius 2 is 2.25 bits per heavy atom. The topological polar surface area (TPSA) is 139 Å². The Hall–Kier alpha value is -2.62. The normalized spacial score (nSPS) is 11.6. The lowest BCUT2D eigenvalue weighted by Crippen LogP contribution is -2.33. The molecule has 0 fully saturated rings. The number of nitrogens with two attached hydrogens (primary N) is 1. The number of oxime groups is 1. The van der Waals surface area contributed by atoms with Crippen molar-refractivity contribution in [1.29, 1.82) is 0 Å². The van der Waals surface area contributed by atoms with Gasteiger partial charge in [0.2, 0.25) is 0 Å². The van der Waals surface area contributed by atoms with Crippen molar-refractivity contribution in [1.82, 2.24) is 19.7 Å². The van der Waals surface area contributed by atoms with Crippen molar-refractivity contribution >= 4 is 17.6 Å². The predicted molar refractivity (Wildman–Crippen MR) is 71.0 cm³/mol. The number of nitrogens with one attached hydrogen (secondary N) is 1. The highest BCUT2D eigenvalue weighted by atomic mass is 32.2. The van der Waals surface area contributed by atoms with Crippen LogP contribution in [0.1, 0.15) is 5.69 Å². The molecule has 0 spiro atoms. The molecule has 0 amide bonds. The first-order valence-electron chi connectivity index (χ1n) is 5.30. The first kappa shape index (κ1) is 13.8. The number of aromatic nitrogens is 4. The van der Waals surface area contributed by atoms with Gasteiger partial charge in [0.25, 0.3) is 0 Å². The molecule has 2 heterocycles. The second-order valence-electron chi connectivity index (χ2n) is 3.67. The molecule has 0 aliphatic carbocycles. The summed E-state index contributed by atoms with van der Waals surface area (Å²) in [6.45, 7) is 0. The van der Waals surface area contributed by atoms with Crippen molar-refractivity contribution in [3.05, 3.63) is 44.7 Å². The second kappa shape index (κ2) is 5.57. The minimum atomic E-state index is -0.855. The Bertz CT molecular complexity index is 764. The van der Waals surface area contributed by atoms with Crippen LogP contribution < -0.4 is 16.9 Å². The number of rotatable bonds is 3. The fourth-order valence-corrected chi connectivity index (χ4v) is 2.06. The van der Waals surface area contributed by atoms with E-state index in [0.29, 0.717) is 15.7 Å². The van der Waals surface area contributed by atoms with E-state index in [9.17, 15) is 9.59 Å². The molecule has 4 N–H and O–H groups in total. The van der Waals surface area contributed by atoms with Crippen LogP contribution in [0.25, 0.3) is 0 Å². The smallest absolute Gasteiger partial charge is 0.339 e. The van der Waals surface area contributed by atoms with E-state index in [1.165, 1.54) is 10.9 Å². The summed E-state index contributed by atoms with van der Waals surface area (Å²) in [5.41, 5.74) is 4.08. The number of amidine groups is 1. The first-order chi connectivity index (χ1) is 9.51. The Morgan fingerprint density at radius 3 is 2.85 bits per heavy atom. The standard InChI is InChI=1S/C10H10N6O3S/c1-16-10(13-8(17)9(18)14-16)20-5-2-3-6(12-4-5)7(11)15-19/h2-4,19H,1H3,(H2,11,15)(H,14,18). The Morgan fingerprint density at radius 1 is 1.50 bits per heavy atom. The van der Waals surface area contributed by atoms with E-state index in [1.807, 2.05) is 0 Å². The van der Waals surface area contributed by atoms with Crippen LogP contribution in [0.4, 0.5) is 0 Å². The monoisotopic (exact) mass is 294 g/mol. The van der Waals surface area contributed by atoms with Crippen LogP contribution in [0.15, 0.2) is 43.1 Å². The molecule has 20 heavy (non-hydrogen) atoms. The summed E-state index contributed by atoms with van der Waals surface area (Å²) in [7, 11) is 1.56. The maximum atomic E-state index is 11.2. The first-order valence-corrected chi connectivity index (χ1v) is 6.12. The van der Waals surface area contributed by atoms with Gasteiger partial charge in [-0.05, 0) is 23.9 Å². The fraction of sp³-hybridized carbons (Fsp3) is 0.100. The number of nitrogens with zero attached hydrogens (tertiary/aromatic N) is 4. The predicted octanol–water partition coefficient (Wildman–Crippen LogP) is -0.891. The third-order valence-electron chi connectivity index (χ3n) is 2.26. The summed E-state index contributed by atoms with van der Waals surface area (Å²) in [5, 5.41) is 14.0. The SMILES string of the molecule is Cn1[nH]c(=O)c(=O)nc1Sc1ccc(/C(N)=N/O)nc1. The number of hydrogen-bond acceptors (Lipinski definition) is 7. The molecular formula is C10H10N6O3S. The molecule has 0 atom stereocenters. The van der Waals surface area contributed by atoms with Crippen LogP contribution in [-0.4, -0.2) is 30.8 Å². The molecular weight excluding hydrogens is 284 g/mol. The van der Waals surface area contributed by atoms with E-state index in [2.05, 4.69) is 20.2 Å². The molecule has 2 aromatic heterocycles. The molecule has 0 bridgehead atoms. The van der Waals surface area contributed by atoms with E-state index in [0.717, 1.165) is 11.8 Å². The molecule has 0 saturated carbocycles.